The Hall–Kier alpha value is -1.86. The topological polar surface area (TPSA) is 59.8 Å². The Balaban J connectivity index is 1.94. The third kappa shape index (κ3) is 2.54. The van der Waals surface area contributed by atoms with Crippen LogP contribution in [0.25, 0.3) is 10.2 Å². The Labute approximate surface area is 130 Å². The second kappa shape index (κ2) is 5.50. The molecule has 0 saturated heterocycles. The fourth-order valence-electron chi connectivity index (χ4n) is 2.17. The van der Waals surface area contributed by atoms with Gasteiger partial charge in [-0.05, 0) is 30.9 Å². The summed E-state index contributed by atoms with van der Waals surface area (Å²) in [6.07, 6.45) is 3.70. The highest BCUT2D eigenvalue weighted by Gasteiger charge is 2.16. The molecular weight excluding hydrogens is 304 g/mol. The lowest BCUT2D eigenvalue weighted by molar-refractivity contribution is 0.101. The van der Waals surface area contributed by atoms with E-state index in [0.717, 1.165) is 20.7 Å². The zero-order valence-electron chi connectivity index (χ0n) is 11.9. The van der Waals surface area contributed by atoms with Gasteiger partial charge in [-0.25, -0.2) is 4.98 Å². The van der Waals surface area contributed by atoms with Gasteiger partial charge in [0.05, 0.1) is 16.4 Å². The van der Waals surface area contributed by atoms with E-state index in [9.17, 15) is 4.79 Å². The largest absolute Gasteiger partial charge is 0.296 e. The molecular formula is C14H14N4OS2. The Bertz CT molecular complexity index is 802. The summed E-state index contributed by atoms with van der Waals surface area (Å²) in [4.78, 5) is 18.0. The van der Waals surface area contributed by atoms with Crippen LogP contribution in [0.2, 0.25) is 0 Å². The average Bonchev–Trinajstić information content (AvgIpc) is 3.01. The maximum absolute atomic E-state index is 12.3. The number of thiazole rings is 1. The van der Waals surface area contributed by atoms with E-state index in [4.69, 9.17) is 0 Å². The van der Waals surface area contributed by atoms with Crippen LogP contribution < -0.4 is 5.32 Å². The fraction of sp³-hybridized carbons (Fsp3) is 0.214. The second-order valence-corrected chi connectivity index (χ2v) is 6.46. The summed E-state index contributed by atoms with van der Waals surface area (Å²) in [7, 11) is 1.76. The highest BCUT2D eigenvalue weighted by molar-refractivity contribution is 7.98. The van der Waals surface area contributed by atoms with Gasteiger partial charge in [-0.1, -0.05) is 17.4 Å². The molecule has 0 aliphatic carbocycles. The molecule has 21 heavy (non-hydrogen) atoms. The molecule has 0 aliphatic heterocycles. The maximum Gasteiger partial charge on any atom is 0.275 e. The number of hydrogen-bond acceptors (Lipinski definition) is 5. The van der Waals surface area contributed by atoms with Crippen molar-refractivity contribution in [2.75, 3.05) is 11.6 Å². The number of anilines is 1. The van der Waals surface area contributed by atoms with E-state index in [1.54, 1.807) is 29.7 Å². The number of benzene rings is 1. The van der Waals surface area contributed by atoms with Gasteiger partial charge in [-0.2, -0.15) is 5.10 Å². The van der Waals surface area contributed by atoms with Crippen molar-refractivity contribution >= 4 is 44.4 Å². The van der Waals surface area contributed by atoms with Crippen LogP contribution in [0.15, 0.2) is 29.3 Å². The molecule has 2 aromatic heterocycles. The first kappa shape index (κ1) is 14.1. The molecule has 0 spiro atoms. The minimum Gasteiger partial charge on any atom is -0.296 e. The van der Waals surface area contributed by atoms with Crippen LogP contribution in [0.4, 0.5) is 5.13 Å². The van der Waals surface area contributed by atoms with Gasteiger partial charge in [0, 0.05) is 11.9 Å². The lowest BCUT2D eigenvalue weighted by Gasteiger charge is -2.03. The summed E-state index contributed by atoms with van der Waals surface area (Å²) < 4.78 is 2.64. The Kier molecular flexibility index (Phi) is 3.69. The lowest BCUT2D eigenvalue weighted by Crippen LogP contribution is -2.17. The van der Waals surface area contributed by atoms with Gasteiger partial charge in [-0.3, -0.25) is 14.8 Å². The molecule has 0 unspecified atom stereocenters. The van der Waals surface area contributed by atoms with Crippen LogP contribution in [0, 0.1) is 6.92 Å². The van der Waals surface area contributed by atoms with Crippen LogP contribution in [-0.4, -0.2) is 26.9 Å². The van der Waals surface area contributed by atoms with Crippen LogP contribution >= 0.6 is 23.1 Å². The van der Waals surface area contributed by atoms with Gasteiger partial charge >= 0.3 is 0 Å². The number of para-hydroxylation sites is 1. The zero-order chi connectivity index (χ0) is 15.0. The number of amides is 1. The number of aromatic nitrogens is 3. The summed E-state index contributed by atoms with van der Waals surface area (Å²) in [5.74, 6) is -0.183. The number of carbonyl (C=O) groups excluding carboxylic acids is 1. The molecule has 1 N–H and O–H groups in total. The highest BCUT2D eigenvalue weighted by Crippen LogP contribution is 2.32. The molecule has 0 aliphatic rings. The SMILES string of the molecule is CSc1cccc2sc(NC(=O)c3c(C)cnn3C)nc12. The molecule has 0 fully saturated rings. The molecule has 2 heterocycles. The van der Waals surface area contributed by atoms with Crippen molar-refractivity contribution in [2.45, 2.75) is 11.8 Å². The molecule has 1 aromatic carbocycles. The van der Waals surface area contributed by atoms with E-state index in [2.05, 4.69) is 15.4 Å². The smallest absolute Gasteiger partial charge is 0.275 e. The van der Waals surface area contributed by atoms with Crippen molar-refractivity contribution in [3.8, 4) is 0 Å². The van der Waals surface area contributed by atoms with Gasteiger partial charge < -0.3 is 0 Å². The number of aryl methyl sites for hydroxylation is 2. The van der Waals surface area contributed by atoms with Gasteiger partial charge in [0.2, 0.25) is 0 Å². The van der Waals surface area contributed by atoms with Crippen LogP contribution in [0.1, 0.15) is 16.1 Å². The number of carbonyl (C=O) groups is 1. The fourth-order valence-corrected chi connectivity index (χ4v) is 3.69. The monoisotopic (exact) mass is 318 g/mol. The van der Waals surface area contributed by atoms with E-state index in [-0.39, 0.29) is 5.91 Å². The summed E-state index contributed by atoms with van der Waals surface area (Å²) in [5, 5.41) is 7.56. The first-order valence-corrected chi connectivity index (χ1v) is 8.37. The molecule has 108 valence electrons. The van der Waals surface area contributed by atoms with E-state index >= 15 is 0 Å². The normalized spacial score (nSPS) is 11.0. The van der Waals surface area contributed by atoms with Crippen molar-refractivity contribution in [1.29, 1.82) is 0 Å². The van der Waals surface area contributed by atoms with Crippen molar-refractivity contribution < 1.29 is 4.79 Å². The van der Waals surface area contributed by atoms with Crippen LogP contribution in [0.3, 0.4) is 0 Å². The molecule has 7 heteroatoms. The summed E-state index contributed by atoms with van der Waals surface area (Å²) in [5.41, 5.74) is 2.34. The third-order valence-corrected chi connectivity index (χ3v) is 4.86. The number of thioether (sulfide) groups is 1. The van der Waals surface area contributed by atoms with E-state index < -0.39 is 0 Å². The minimum atomic E-state index is -0.183. The summed E-state index contributed by atoms with van der Waals surface area (Å²) >= 11 is 3.13. The number of fused-ring (bicyclic) bond motifs is 1. The quantitative estimate of drug-likeness (QED) is 0.753. The highest BCUT2D eigenvalue weighted by atomic mass is 32.2. The summed E-state index contributed by atoms with van der Waals surface area (Å²) in [6.45, 7) is 1.87. The molecule has 5 nitrogen and oxygen atoms in total. The first-order chi connectivity index (χ1) is 10.1. The van der Waals surface area contributed by atoms with Crippen LogP contribution in [-0.2, 0) is 7.05 Å². The summed E-state index contributed by atoms with van der Waals surface area (Å²) in [6, 6.07) is 6.05. The second-order valence-electron chi connectivity index (χ2n) is 4.58. The molecule has 0 atom stereocenters. The van der Waals surface area contributed by atoms with Crippen LogP contribution in [0.5, 0.6) is 0 Å². The molecule has 0 bridgehead atoms. The number of nitrogens with one attached hydrogen (secondary N) is 1. The van der Waals surface area contributed by atoms with Crippen molar-refractivity contribution in [1.82, 2.24) is 14.8 Å². The Morgan fingerprint density at radius 1 is 1.43 bits per heavy atom. The molecule has 1 amide bonds. The van der Waals surface area contributed by atoms with Crippen molar-refractivity contribution in [2.24, 2.45) is 7.05 Å². The molecule has 0 radical (unpaired) electrons. The Morgan fingerprint density at radius 3 is 2.90 bits per heavy atom. The van der Waals surface area contributed by atoms with Crippen molar-refractivity contribution in [3.63, 3.8) is 0 Å². The number of hydrogen-bond donors (Lipinski definition) is 1. The standard InChI is InChI=1S/C14H14N4OS2/c1-8-7-15-18(2)12(8)13(19)17-14-16-11-9(20-3)5-4-6-10(11)21-14/h4-7H,1-3H3,(H,16,17,19). The first-order valence-electron chi connectivity index (χ1n) is 6.33. The van der Waals surface area contributed by atoms with Gasteiger partial charge in [0.1, 0.15) is 5.69 Å². The predicted molar refractivity (Wildman–Crippen MR) is 87.3 cm³/mol. The van der Waals surface area contributed by atoms with Gasteiger partial charge in [0.25, 0.3) is 5.91 Å². The van der Waals surface area contributed by atoms with Gasteiger partial charge in [-0.15, -0.1) is 11.8 Å². The van der Waals surface area contributed by atoms with E-state index in [1.165, 1.54) is 11.3 Å². The minimum absolute atomic E-state index is 0.183. The predicted octanol–water partition coefficient (Wildman–Crippen LogP) is 3.31. The molecule has 3 aromatic rings. The lowest BCUT2D eigenvalue weighted by atomic mass is 10.2. The molecule has 0 saturated carbocycles. The maximum atomic E-state index is 12.3. The zero-order valence-corrected chi connectivity index (χ0v) is 13.5. The Morgan fingerprint density at radius 2 is 2.24 bits per heavy atom. The van der Waals surface area contributed by atoms with Gasteiger partial charge in [0.15, 0.2) is 5.13 Å². The van der Waals surface area contributed by atoms with Crippen molar-refractivity contribution in [3.05, 3.63) is 35.7 Å². The number of nitrogens with zero attached hydrogens (tertiary/aromatic N) is 3. The third-order valence-electron chi connectivity index (χ3n) is 3.16. The number of rotatable bonds is 3. The average molecular weight is 318 g/mol. The van der Waals surface area contributed by atoms with E-state index in [0.29, 0.717) is 10.8 Å². The molecule has 3 rings (SSSR count). The van der Waals surface area contributed by atoms with E-state index in [1.807, 2.05) is 31.4 Å².